The number of hydrogen-bond acceptors (Lipinski definition) is 3. The molecule has 0 atom stereocenters. The van der Waals surface area contributed by atoms with Gasteiger partial charge in [-0.05, 0) is 18.4 Å². The van der Waals surface area contributed by atoms with Crippen molar-refractivity contribution in [2.24, 2.45) is 0 Å². The van der Waals surface area contributed by atoms with E-state index < -0.39 is 29.9 Å². The van der Waals surface area contributed by atoms with Gasteiger partial charge in [0.1, 0.15) is 0 Å². The molecule has 0 radical (unpaired) electrons. The lowest BCUT2D eigenvalue weighted by molar-refractivity contribution is -0.171. The second-order valence-electron chi connectivity index (χ2n) is 5.71. The van der Waals surface area contributed by atoms with Crippen molar-refractivity contribution in [3.8, 4) is 0 Å². The first-order valence-electron chi connectivity index (χ1n) is 8.02. The van der Waals surface area contributed by atoms with Crippen LogP contribution in [0.15, 0.2) is 24.3 Å². The largest absolute Gasteiger partial charge is 0.450 e. The molecule has 0 amide bonds. The van der Waals surface area contributed by atoms with Crippen LogP contribution in [0, 0.1) is 0 Å². The Balaban J connectivity index is 2.54. The summed E-state index contributed by atoms with van der Waals surface area (Å²) in [6, 6.07) is 6.21. The fourth-order valence-corrected chi connectivity index (χ4v) is 2.24. The molecule has 0 aliphatic carbocycles. The molecule has 0 unspecified atom stereocenters. The molecule has 0 aliphatic rings. The zero-order chi connectivity index (χ0) is 18.2. The standard InChI is InChI=1S/C18H21F3O3/c1-2-3-4-5-6-7-13-8-10-14(11-9-13)17(24)15(22)12-16(23)18(19,20)21/h8-11H,2-7,12H2,1H3. The van der Waals surface area contributed by atoms with Crippen molar-refractivity contribution >= 4 is 17.3 Å². The van der Waals surface area contributed by atoms with Crippen LogP contribution < -0.4 is 0 Å². The summed E-state index contributed by atoms with van der Waals surface area (Å²) >= 11 is 0. The van der Waals surface area contributed by atoms with Gasteiger partial charge in [-0.25, -0.2) is 0 Å². The zero-order valence-electron chi connectivity index (χ0n) is 13.6. The summed E-state index contributed by atoms with van der Waals surface area (Å²) in [6.45, 7) is 2.14. The molecule has 0 fully saturated rings. The minimum Gasteiger partial charge on any atom is -0.290 e. The summed E-state index contributed by atoms with van der Waals surface area (Å²) in [5.41, 5.74) is 1.01. The number of alkyl halides is 3. The van der Waals surface area contributed by atoms with Crippen LogP contribution in [-0.2, 0) is 16.0 Å². The van der Waals surface area contributed by atoms with Crippen molar-refractivity contribution in [3.63, 3.8) is 0 Å². The van der Waals surface area contributed by atoms with Crippen molar-refractivity contribution in [1.82, 2.24) is 0 Å². The third kappa shape index (κ3) is 6.64. The number of aryl methyl sites for hydroxylation is 1. The molecule has 0 bridgehead atoms. The Kier molecular flexibility index (Phi) is 7.82. The molecule has 0 saturated heterocycles. The summed E-state index contributed by atoms with van der Waals surface area (Å²) in [5, 5.41) is 0. The molecule has 0 heterocycles. The van der Waals surface area contributed by atoms with Crippen molar-refractivity contribution < 1.29 is 27.6 Å². The molecule has 0 spiro atoms. The highest BCUT2D eigenvalue weighted by Crippen LogP contribution is 2.19. The maximum Gasteiger partial charge on any atom is 0.450 e. The van der Waals surface area contributed by atoms with Crippen LogP contribution >= 0.6 is 0 Å². The van der Waals surface area contributed by atoms with Crippen molar-refractivity contribution in [2.45, 2.75) is 58.0 Å². The average molecular weight is 342 g/mol. The number of unbranched alkanes of at least 4 members (excludes halogenated alkanes) is 4. The minimum atomic E-state index is -5.10. The first kappa shape index (κ1) is 20.1. The topological polar surface area (TPSA) is 51.2 Å². The van der Waals surface area contributed by atoms with E-state index >= 15 is 0 Å². The van der Waals surface area contributed by atoms with E-state index in [9.17, 15) is 27.6 Å². The van der Waals surface area contributed by atoms with E-state index in [1.54, 1.807) is 12.1 Å². The molecule has 0 saturated carbocycles. The maximum absolute atomic E-state index is 12.1. The minimum absolute atomic E-state index is 0.00436. The van der Waals surface area contributed by atoms with Crippen LogP contribution in [0.2, 0.25) is 0 Å². The zero-order valence-corrected chi connectivity index (χ0v) is 13.6. The maximum atomic E-state index is 12.1. The van der Waals surface area contributed by atoms with Crippen molar-refractivity contribution in [3.05, 3.63) is 35.4 Å². The summed E-state index contributed by atoms with van der Waals surface area (Å²) in [5.74, 6) is -4.61. The Morgan fingerprint density at radius 3 is 2.04 bits per heavy atom. The third-order valence-electron chi connectivity index (χ3n) is 3.68. The van der Waals surface area contributed by atoms with E-state index in [-0.39, 0.29) is 5.56 Å². The van der Waals surface area contributed by atoms with Crippen LogP contribution in [0.3, 0.4) is 0 Å². The van der Waals surface area contributed by atoms with Gasteiger partial charge in [-0.2, -0.15) is 13.2 Å². The van der Waals surface area contributed by atoms with Crippen LogP contribution in [0.1, 0.15) is 61.4 Å². The smallest absolute Gasteiger partial charge is 0.290 e. The van der Waals surface area contributed by atoms with Gasteiger partial charge < -0.3 is 0 Å². The second kappa shape index (κ2) is 9.35. The quantitative estimate of drug-likeness (QED) is 0.273. The van der Waals surface area contributed by atoms with Crippen LogP contribution in [0.25, 0.3) is 0 Å². The number of rotatable bonds is 10. The van der Waals surface area contributed by atoms with Crippen molar-refractivity contribution in [2.75, 3.05) is 0 Å². The van der Waals surface area contributed by atoms with E-state index in [1.807, 2.05) is 0 Å². The summed E-state index contributed by atoms with van der Waals surface area (Å²) in [4.78, 5) is 34.0. The summed E-state index contributed by atoms with van der Waals surface area (Å²) < 4.78 is 36.3. The Bertz CT molecular complexity index is 574. The molecular weight excluding hydrogens is 321 g/mol. The summed E-state index contributed by atoms with van der Waals surface area (Å²) in [7, 11) is 0. The van der Waals surface area contributed by atoms with E-state index in [0.29, 0.717) is 0 Å². The Labute approximate surface area is 139 Å². The number of benzene rings is 1. The fourth-order valence-electron chi connectivity index (χ4n) is 2.24. The lowest BCUT2D eigenvalue weighted by Crippen LogP contribution is -2.28. The third-order valence-corrected chi connectivity index (χ3v) is 3.68. The fraction of sp³-hybridized carbons (Fsp3) is 0.500. The number of Topliss-reactive ketones (excluding diaryl/α,β-unsaturated/α-hetero) is 3. The number of ketones is 3. The summed E-state index contributed by atoms with van der Waals surface area (Å²) in [6.07, 6.45) is -0.0146. The van der Waals surface area contributed by atoms with Gasteiger partial charge >= 0.3 is 6.18 Å². The van der Waals surface area contributed by atoms with E-state index in [1.165, 1.54) is 31.4 Å². The Morgan fingerprint density at radius 2 is 1.50 bits per heavy atom. The van der Waals surface area contributed by atoms with Gasteiger partial charge in [-0.1, -0.05) is 56.9 Å². The molecule has 24 heavy (non-hydrogen) atoms. The molecule has 0 aliphatic heterocycles. The molecule has 0 N–H and O–H groups in total. The molecule has 1 aromatic rings. The van der Waals surface area contributed by atoms with Gasteiger partial charge in [0.15, 0.2) is 0 Å². The number of hydrogen-bond donors (Lipinski definition) is 0. The van der Waals surface area contributed by atoms with E-state index in [2.05, 4.69) is 6.92 Å². The second-order valence-corrected chi connectivity index (χ2v) is 5.71. The first-order valence-corrected chi connectivity index (χ1v) is 8.02. The molecule has 6 heteroatoms. The molecule has 1 aromatic carbocycles. The normalized spacial score (nSPS) is 11.3. The monoisotopic (exact) mass is 342 g/mol. The van der Waals surface area contributed by atoms with Crippen molar-refractivity contribution in [1.29, 1.82) is 0 Å². The highest BCUT2D eigenvalue weighted by atomic mass is 19.4. The average Bonchev–Trinajstić information content (AvgIpc) is 2.53. The molecule has 1 rings (SSSR count). The highest BCUT2D eigenvalue weighted by molar-refractivity contribution is 6.46. The molecule has 0 aromatic heterocycles. The predicted molar refractivity (Wildman–Crippen MR) is 83.9 cm³/mol. The van der Waals surface area contributed by atoms with Gasteiger partial charge in [0.05, 0.1) is 6.42 Å². The van der Waals surface area contributed by atoms with E-state index in [4.69, 9.17) is 0 Å². The lowest BCUT2D eigenvalue weighted by atomic mass is 10.00. The Hall–Kier alpha value is -1.98. The van der Waals surface area contributed by atoms with Gasteiger partial charge in [-0.15, -0.1) is 0 Å². The number of halogens is 3. The van der Waals surface area contributed by atoms with Gasteiger partial charge in [0.25, 0.3) is 0 Å². The SMILES string of the molecule is CCCCCCCc1ccc(C(=O)C(=O)CC(=O)C(F)(F)F)cc1. The lowest BCUT2D eigenvalue weighted by Gasteiger charge is -2.05. The van der Waals surface area contributed by atoms with Gasteiger partial charge in [0, 0.05) is 5.56 Å². The Morgan fingerprint density at radius 1 is 0.917 bits per heavy atom. The molecule has 3 nitrogen and oxygen atoms in total. The molecule has 132 valence electrons. The van der Waals surface area contributed by atoms with Crippen LogP contribution in [0.5, 0.6) is 0 Å². The van der Waals surface area contributed by atoms with Gasteiger partial charge in [-0.3, -0.25) is 14.4 Å². The first-order chi connectivity index (χ1) is 11.3. The van der Waals surface area contributed by atoms with E-state index in [0.717, 1.165) is 24.8 Å². The van der Waals surface area contributed by atoms with Gasteiger partial charge in [0.2, 0.25) is 17.3 Å². The van der Waals surface area contributed by atoms with Crippen LogP contribution in [0.4, 0.5) is 13.2 Å². The predicted octanol–water partition coefficient (Wildman–Crippen LogP) is 4.47. The highest BCUT2D eigenvalue weighted by Gasteiger charge is 2.40. The number of carbonyl (C=O) groups excluding carboxylic acids is 3. The number of carbonyl (C=O) groups is 3. The van der Waals surface area contributed by atoms with Crippen LogP contribution in [-0.4, -0.2) is 23.5 Å². The molecular formula is C18H21F3O3.